The van der Waals surface area contributed by atoms with Gasteiger partial charge in [0.1, 0.15) is 0 Å². The number of hydrogen-bond donors (Lipinski definition) is 1. The molecule has 2 N–H and O–H groups in total. The first-order valence-corrected chi connectivity index (χ1v) is 7.70. The van der Waals surface area contributed by atoms with E-state index >= 15 is 0 Å². The molecule has 0 aliphatic carbocycles. The molecule has 0 fully saturated rings. The summed E-state index contributed by atoms with van der Waals surface area (Å²) in [6.07, 6.45) is 0. The lowest BCUT2D eigenvalue weighted by Crippen LogP contribution is -2.37. The molecule has 20 heavy (non-hydrogen) atoms. The van der Waals surface area contributed by atoms with Gasteiger partial charge in [0.25, 0.3) is 0 Å². The molecule has 0 aliphatic heterocycles. The SMILES string of the molecule is CCN(Cc1cccs1)C(=O)C(CN)c1ccccc1. The molecule has 1 atom stereocenters. The summed E-state index contributed by atoms with van der Waals surface area (Å²) in [4.78, 5) is 15.8. The lowest BCUT2D eigenvalue weighted by atomic mass is 9.97. The predicted octanol–water partition coefficient (Wildman–Crippen LogP) is 2.84. The third-order valence-corrected chi connectivity index (χ3v) is 4.22. The fraction of sp³-hybridized carbons (Fsp3) is 0.312. The normalized spacial score (nSPS) is 12.1. The van der Waals surface area contributed by atoms with Gasteiger partial charge in [-0.1, -0.05) is 36.4 Å². The van der Waals surface area contributed by atoms with E-state index in [9.17, 15) is 4.79 Å². The van der Waals surface area contributed by atoms with E-state index in [0.717, 1.165) is 5.56 Å². The van der Waals surface area contributed by atoms with Crippen molar-refractivity contribution in [3.8, 4) is 0 Å². The minimum Gasteiger partial charge on any atom is -0.337 e. The summed E-state index contributed by atoms with van der Waals surface area (Å²) in [5.74, 6) is -0.147. The maximum atomic E-state index is 12.7. The zero-order valence-electron chi connectivity index (χ0n) is 11.7. The van der Waals surface area contributed by atoms with Crippen molar-refractivity contribution in [1.29, 1.82) is 0 Å². The van der Waals surface area contributed by atoms with Gasteiger partial charge < -0.3 is 10.6 Å². The standard InChI is InChI=1S/C16H20N2OS/c1-2-18(12-14-9-6-10-20-14)16(19)15(11-17)13-7-4-3-5-8-13/h3-10,15H,2,11-12,17H2,1H3. The number of benzene rings is 1. The fourth-order valence-corrected chi connectivity index (χ4v) is 2.94. The van der Waals surface area contributed by atoms with Crippen LogP contribution in [0.4, 0.5) is 0 Å². The van der Waals surface area contributed by atoms with E-state index in [2.05, 4.69) is 6.07 Å². The minimum atomic E-state index is -0.254. The Balaban J connectivity index is 2.14. The minimum absolute atomic E-state index is 0.106. The molecule has 1 aromatic carbocycles. The summed E-state index contributed by atoms with van der Waals surface area (Å²) >= 11 is 1.67. The highest BCUT2D eigenvalue weighted by Gasteiger charge is 2.23. The van der Waals surface area contributed by atoms with Crippen molar-refractivity contribution in [3.05, 3.63) is 58.3 Å². The lowest BCUT2D eigenvalue weighted by Gasteiger charge is -2.25. The second kappa shape index (κ2) is 7.22. The molecule has 0 bridgehead atoms. The van der Waals surface area contributed by atoms with Crippen LogP contribution in [-0.4, -0.2) is 23.9 Å². The Morgan fingerprint density at radius 3 is 2.55 bits per heavy atom. The average molecular weight is 288 g/mol. The molecule has 0 aliphatic rings. The highest BCUT2D eigenvalue weighted by Crippen LogP contribution is 2.20. The Bertz CT molecular complexity index is 525. The number of nitrogens with two attached hydrogens (primary N) is 1. The third-order valence-electron chi connectivity index (χ3n) is 3.36. The van der Waals surface area contributed by atoms with Gasteiger partial charge in [0.15, 0.2) is 0 Å². The zero-order valence-corrected chi connectivity index (χ0v) is 12.5. The third kappa shape index (κ3) is 3.46. The Hall–Kier alpha value is -1.65. The number of rotatable bonds is 6. The van der Waals surface area contributed by atoms with Gasteiger partial charge in [-0.3, -0.25) is 4.79 Å². The van der Waals surface area contributed by atoms with Gasteiger partial charge >= 0.3 is 0 Å². The average Bonchev–Trinajstić information content (AvgIpc) is 2.99. The molecule has 0 saturated heterocycles. The Kier molecular flexibility index (Phi) is 5.32. The van der Waals surface area contributed by atoms with Gasteiger partial charge in [-0.05, 0) is 23.9 Å². The molecule has 0 spiro atoms. The van der Waals surface area contributed by atoms with Crippen LogP contribution < -0.4 is 5.73 Å². The van der Waals surface area contributed by atoms with E-state index in [0.29, 0.717) is 19.6 Å². The van der Waals surface area contributed by atoms with Crippen LogP contribution in [0.5, 0.6) is 0 Å². The molecule has 0 saturated carbocycles. The van der Waals surface area contributed by atoms with Gasteiger partial charge in [-0.15, -0.1) is 11.3 Å². The summed E-state index contributed by atoms with van der Waals surface area (Å²) in [7, 11) is 0. The molecular formula is C16H20N2OS. The smallest absolute Gasteiger partial charge is 0.231 e. The fourth-order valence-electron chi connectivity index (χ4n) is 2.22. The van der Waals surface area contributed by atoms with E-state index in [1.807, 2.05) is 53.6 Å². The number of thiophene rings is 1. The summed E-state index contributed by atoms with van der Waals surface area (Å²) in [5, 5.41) is 2.03. The molecule has 1 unspecified atom stereocenters. The maximum Gasteiger partial charge on any atom is 0.231 e. The van der Waals surface area contributed by atoms with Crippen LogP contribution >= 0.6 is 11.3 Å². The highest BCUT2D eigenvalue weighted by molar-refractivity contribution is 7.09. The van der Waals surface area contributed by atoms with Gasteiger partial charge in [0.2, 0.25) is 5.91 Å². The zero-order chi connectivity index (χ0) is 14.4. The number of nitrogens with zero attached hydrogens (tertiary/aromatic N) is 1. The summed E-state index contributed by atoms with van der Waals surface area (Å²) in [6, 6.07) is 13.8. The van der Waals surface area contributed by atoms with Crippen LogP contribution in [0.1, 0.15) is 23.3 Å². The Morgan fingerprint density at radius 1 is 1.25 bits per heavy atom. The van der Waals surface area contributed by atoms with Crippen LogP contribution in [0.3, 0.4) is 0 Å². The van der Waals surface area contributed by atoms with Gasteiger partial charge in [-0.2, -0.15) is 0 Å². The van der Waals surface area contributed by atoms with Crippen molar-refractivity contribution in [3.63, 3.8) is 0 Å². The quantitative estimate of drug-likeness (QED) is 0.888. The first-order valence-electron chi connectivity index (χ1n) is 6.82. The monoisotopic (exact) mass is 288 g/mol. The molecule has 2 aromatic rings. The molecule has 2 rings (SSSR count). The van der Waals surface area contributed by atoms with Crippen molar-refractivity contribution in [2.75, 3.05) is 13.1 Å². The molecule has 1 aromatic heterocycles. The van der Waals surface area contributed by atoms with E-state index in [4.69, 9.17) is 5.73 Å². The molecule has 1 amide bonds. The molecular weight excluding hydrogens is 268 g/mol. The van der Waals surface area contributed by atoms with Crippen molar-refractivity contribution in [1.82, 2.24) is 4.90 Å². The number of carbonyl (C=O) groups excluding carboxylic acids is 1. The van der Waals surface area contributed by atoms with Crippen molar-refractivity contribution in [2.45, 2.75) is 19.4 Å². The largest absolute Gasteiger partial charge is 0.337 e. The molecule has 106 valence electrons. The van der Waals surface area contributed by atoms with Crippen LogP contribution in [0.2, 0.25) is 0 Å². The number of amides is 1. The number of likely N-dealkylation sites (N-methyl/N-ethyl adjacent to an activating group) is 1. The van der Waals surface area contributed by atoms with E-state index in [1.165, 1.54) is 4.88 Å². The van der Waals surface area contributed by atoms with Crippen molar-refractivity contribution < 1.29 is 4.79 Å². The van der Waals surface area contributed by atoms with Crippen LogP contribution in [0, 0.1) is 0 Å². The number of hydrogen-bond acceptors (Lipinski definition) is 3. The Morgan fingerprint density at radius 2 is 2.00 bits per heavy atom. The van der Waals surface area contributed by atoms with E-state index < -0.39 is 0 Å². The summed E-state index contributed by atoms with van der Waals surface area (Å²) in [5.41, 5.74) is 6.82. The van der Waals surface area contributed by atoms with Crippen molar-refractivity contribution in [2.24, 2.45) is 5.73 Å². The van der Waals surface area contributed by atoms with Crippen molar-refractivity contribution >= 4 is 17.2 Å². The first kappa shape index (κ1) is 14.8. The molecule has 3 nitrogen and oxygen atoms in total. The van der Waals surface area contributed by atoms with Gasteiger partial charge in [0, 0.05) is 18.0 Å². The second-order valence-electron chi connectivity index (χ2n) is 4.63. The van der Waals surface area contributed by atoms with Crippen LogP contribution in [0.25, 0.3) is 0 Å². The van der Waals surface area contributed by atoms with Gasteiger partial charge in [-0.25, -0.2) is 0 Å². The van der Waals surface area contributed by atoms with E-state index in [1.54, 1.807) is 11.3 Å². The van der Waals surface area contributed by atoms with Crippen LogP contribution in [-0.2, 0) is 11.3 Å². The molecule has 0 radical (unpaired) electrons. The lowest BCUT2D eigenvalue weighted by molar-refractivity contribution is -0.133. The van der Waals surface area contributed by atoms with E-state index in [-0.39, 0.29) is 11.8 Å². The second-order valence-corrected chi connectivity index (χ2v) is 5.66. The summed E-state index contributed by atoms with van der Waals surface area (Å²) < 4.78 is 0. The van der Waals surface area contributed by atoms with Crippen LogP contribution in [0.15, 0.2) is 47.8 Å². The molecule has 4 heteroatoms. The Labute approximate surface area is 124 Å². The predicted molar refractivity (Wildman–Crippen MR) is 83.6 cm³/mol. The van der Waals surface area contributed by atoms with Gasteiger partial charge in [0.05, 0.1) is 12.5 Å². The number of carbonyl (C=O) groups is 1. The molecule has 1 heterocycles. The summed E-state index contributed by atoms with van der Waals surface area (Å²) in [6.45, 7) is 3.70. The highest BCUT2D eigenvalue weighted by atomic mass is 32.1. The topological polar surface area (TPSA) is 46.3 Å². The first-order chi connectivity index (χ1) is 9.76. The maximum absolute atomic E-state index is 12.7.